The molecule has 0 aromatic rings. The van der Waals surface area contributed by atoms with Crippen LogP contribution in [0.25, 0.3) is 0 Å². The molecule has 0 radical (unpaired) electrons. The second kappa shape index (κ2) is 4.27. The molecule has 2 atom stereocenters. The first-order valence-corrected chi connectivity index (χ1v) is 7.19. The molecule has 1 saturated carbocycles. The zero-order chi connectivity index (χ0) is 11.9. The molecule has 2 unspecified atom stereocenters. The van der Waals surface area contributed by atoms with Crippen molar-refractivity contribution < 1.29 is 4.79 Å². The van der Waals surface area contributed by atoms with Gasteiger partial charge >= 0.3 is 0 Å². The molecule has 3 fully saturated rings. The highest BCUT2D eigenvalue weighted by Gasteiger charge is 2.44. The molecule has 96 valence electrons. The average molecular weight is 236 g/mol. The quantitative estimate of drug-likeness (QED) is 0.750. The number of amides is 1. The number of hydrogen-bond acceptors (Lipinski definition) is 2. The van der Waals surface area contributed by atoms with Crippen LogP contribution in [0, 0.1) is 17.3 Å². The van der Waals surface area contributed by atoms with E-state index in [0.29, 0.717) is 5.91 Å². The molecule has 0 spiro atoms. The average Bonchev–Trinajstić information content (AvgIpc) is 2.89. The van der Waals surface area contributed by atoms with Gasteiger partial charge in [0.1, 0.15) is 0 Å². The van der Waals surface area contributed by atoms with Crippen LogP contribution in [0.5, 0.6) is 0 Å². The summed E-state index contributed by atoms with van der Waals surface area (Å²) in [5.74, 6) is 1.91. The Labute approximate surface area is 104 Å². The maximum atomic E-state index is 12.7. The van der Waals surface area contributed by atoms with Gasteiger partial charge in [-0.25, -0.2) is 0 Å². The lowest BCUT2D eigenvalue weighted by molar-refractivity contribution is -0.142. The fourth-order valence-electron chi connectivity index (χ4n) is 3.95. The van der Waals surface area contributed by atoms with Crippen molar-refractivity contribution in [1.82, 2.24) is 10.2 Å². The Morgan fingerprint density at radius 1 is 1.12 bits per heavy atom. The molecule has 0 aromatic heterocycles. The summed E-state index contributed by atoms with van der Waals surface area (Å²) in [5.41, 5.74) is -0.0374. The SMILES string of the molecule is CC1(C(=O)N2CC3CNCC3C2)CCCCC1. The lowest BCUT2D eigenvalue weighted by Crippen LogP contribution is -2.43. The molecule has 2 saturated heterocycles. The molecule has 0 aromatic carbocycles. The van der Waals surface area contributed by atoms with Gasteiger partial charge in [-0.05, 0) is 24.7 Å². The van der Waals surface area contributed by atoms with Gasteiger partial charge in [0.15, 0.2) is 0 Å². The number of rotatable bonds is 1. The highest BCUT2D eigenvalue weighted by atomic mass is 16.2. The summed E-state index contributed by atoms with van der Waals surface area (Å²) in [6.45, 7) is 6.44. The van der Waals surface area contributed by atoms with Gasteiger partial charge in [-0.3, -0.25) is 4.79 Å². The lowest BCUT2D eigenvalue weighted by Gasteiger charge is -2.36. The van der Waals surface area contributed by atoms with Crippen molar-refractivity contribution >= 4 is 5.91 Å². The van der Waals surface area contributed by atoms with E-state index in [4.69, 9.17) is 0 Å². The molecule has 1 aliphatic carbocycles. The summed E-state index contributed by atoms with van der Waals surface area (Å²) >= 11 is 0. The van der Waals surface area contributed by atoms with Crippen LogP contribution in [-0.2, 0) is 4.79 Å². The fourth-order valence-corrected chi connectivity index (χ4v) is 3.95. The molecule has 1 N–H and O–H groups in total. The molecule has 3 aliphatic rings. The summed E-state index contributed by atoms with van der Waals surface area (Å²) < 4.78 is 0. The molecule has 3 heteroatoms. The number of hydrogen-bond donors (Lipinski definition) is 1. The normalized spacial score (nSPS) is 35.9. The molecule has 0 bridgehead atoms. The van der Waals surface area contributed by atoms with Crippen LogP contribution < -0.4 is 5.32 Å². The van der Waals surface area contributed by atoms with Gasteiger partial charge in [0, 0.05) is 31.6 Å². The Morgan fingerprint density at radius 2 is 1.71 bits per heavy atom. The number of likely N-dealkylation sites (tertiary alicyclic amines) is 1. The third-order valence-corrected chi connectivity index (χ3v) is 5.15. The molecule has 2 heterocycles. The van der Waals surface area contributed by atoms with Crippen molar-refractivity contribution in [2.24, 2.45) is 17.3 Å². The van der Waals surface area contributed by atoms with Crippen molar-refractivity contribution in [3.8, 4) is 0 Å². The van der Waals surface area contributed by atoms with Crippen molar-refractivity contribution in [3.63, 3.8) is 0 Å². The van der Waals surface area contributed by atoms with E-state index in [0.717, 1.165) is 50.9 Å². The van der Waals surface area contributed by atoms with Crippen molar-refractivity contribution in [2.45, 2.75) is 39.0 Å². The van der Waals surface area contributed by atoms with Crippen LogP contribution in [0.4, 0.5) is 0 Å². The van der Waals surface area contributed by atoms with E-state index in [1.54, 1.807) is 0 Å². The molecular formula is C14H24N2O. The summed E-state index contributed by atoms with van der Waals surface area (Å²) in [6, 6.07) is 0. The standard InChI is InChI=1S/C14H24N2O/c1-14(5-3-2-4-6-14)13(17)16-9-11-7-15-8-12(11)10-16/h11-12,15H,2-10H2,1H3. The van der Waals surface area contributed by atoms with Crippen LogP contribution in [0.15, 0.2) is 0 Å². The number of nitrogens with one attached hydrogen (secondary N) is 1. The van der Waals surface area contributed by atoms with Gasteiger partial charge in [-0.15, -0.1) is 0 Å². The number of nitrogens with zero attached hydrogens (tertiary/aromatic N) is 1. The topological polar surface area (TPSA) is 32.3 Å². The Hall–Kier alpha value is -0.570. The molecule has 2 aliphatic heterocycles. The van der Waals surface area contributed by atoms with E-state index in [2.05, 4.69) is 17.1 Å². The van der Waals surface area contributed by atoms with Crippen LogP contribution >= 0.6 is 0 Å². The van der Waals surface area contributed by atoms with Crippen LogP contribution in [0.1, 0.15) is 39.0 Å². The van der Waals surface area contributed by atoms with Crippen LogP contribution in [-0.4, -0.2) is 37.0 Å². The van der Waals surface area contributed by atoms with Crippen molar-refractivity contribution in [3.05, 3.63) is 0 Å². The minimum absolute atomic E-state index is 0.0374. The van der Waals surface area contributed by atoms with E-state index in [1.165, 1.54) is 19.3 Å². The van der Waals surface area contributed by atoms with E-state index in [1.807, 2.05) is 0 Å². The predicted octanol–water partition coefficient (Wildman–Crippen LogP) is 1.63. The van der Waals surface area contributed by atoms with E-state index in [9.17, 15) is 4.79 Å². The Bertz CT molecular complexity index is 297. The third kappa shape index (κ3) is 1.99. The first-order valence-electron chi connectivity index (χ1n) is 7.19. The number of carbonyl (C=O) groups excluding carboxylic acids is 1. The van der Waals surface area contributed by atoms with Crippen molar-refractivity contribution in [1.29, 1.82) is 0 Å². The Kier molecular flexibility index (Phi) is 2.89. The van der Waals surface area contributed by atoms with Gasteiger partial charge < -0.3 is 10.2 Å². The van der Waals surface area contributed by atoms with E-state index >= 15 is 0 Å². The molecule has 3 nitrogen and oxygen atoms in total. The summed E-state index contributed by atoms with van der Waals surface area (Å²) in [5, 5.41) is 3.43. The van der Waals surface area contributed by atoms with Crippen LogP contribution in [0.2, 0.25) is 0 Å². The maximum Gasteiger partial charge on any atom is 0.228 e. The first kappa shape index (κ1) is 11.5. The zero-order valence-corrected chi connectivity index (χ0v) is 10.9. The minimum Gasteiger partial charge on any atom is -0.342 e. The molecule has 17 heavy (non-hydrogen) atoms. The Morgan fingerprint density at radius 3 is 2.29 bits per heavy atom. The smallest absolute Gasteiger partial charge is 0.228 e. The van der Waals surface area contributed by atoms with Gasteiger partial charge in [-0.1, -0.05) is 26.2 Å². The summed E-state index contributed by atoms with van der Waals surface area (Å²) in [7, 11) is 0. The van der Waals surface area contributed by atoms with Gasteiger partial charge in [0.05, 0.1) is 0 Å². The monoisotopic (exact) mass is 236 g/mol. The van der Waals surface area contributed by atoms with E-state index in [-0.39, 0.29) is 5.41 Å². The fraction of sp³-hybridized carbons (Fsp3) is 0.929. The summed E-state index contributed by atoms with van der Waals surface area (Å²) in [4.78, 5) is 14.8. The third-order valence-electron chi connectivity index (χ3n) is 5.15. The Balaban J connectivity index is 1.66. The van der Waals surface area contributed by atoms with Gasteiger partial charge in [-0.2, -0.15) is 0 Å². The molecule has 3 rings (SSSR count). The second-order valence-corrected chi connectivity index (χ2v) is 6.51. The van der Waals surface area contributed by atoms with Crippen LogP contribution in [0.3, 0.4) is 0 Å². The van der Waals surface area contributed by atoms with Gasteiger partial charge in [0.25, 0.3) is 0 Å². The number of fused-ring (bicyclic) bond motifs is 1. The van der Waals surface area contributed by atoms with E-state index < -0.39 is 0 Å². The summed E-state index contributed by atoms with van der Waals surface area (Å²) in [6.07, 6.45) is 6.01. The predicted molar refractivity (Wildman–Crippen MR) is 67.6 cm³/mol. The molecule has 1 amide bonds. The molecular weight excluding hydrogens is 212 g/mol. The number of carbonyl (C=O) groups is 1. The minimum atomic E-state index is -0.0374. The largest absolute Gasteiger partial charge is 0.342 e. The highest BCUT2D eigenvalue weighted by molar-refractivity contribution is 5.82. The second-order valence-electron chi connectivity index (χ2n) is 6.51. The first-order chi connectivity index (χ1) is 8.19. The highest BCUT2D eigenvalue weighted by Crippen LogP contribution is 2.39. The van der Waals surface area contributed by atoms with Crippen molar-refractivity contribution in [2.75, 3.05) is 26.2 Å². The lowest BCUT2D eigenvalue weighted by atomic mass is 9.74. The maximum absolute atomic E-state index is 12.7. The van der Waals surface area contributed by atoms with Gasteiger partial charge in [0.2, 0.25) is 5.91 Å². The zero-order valence-electron chi connectivity index (χ0n) is 10.9.